The van der Waals surface area contributed by atoms with Crippen LogP contribution in [0.3, 0.4) is 0 Å². The van der Waals surface area contributed by atoms with Gasteiger partial charge in [0.05, 0.1) is 4.90 Å². The van der Waals surface area contributed by atoms with Crippen LogP contribution in [0.1, 0.15) is 21.5 Å². The summed E-state index contributed by atoms with van der Waals surface area (Å²) in [6.45, 7) is 3.85. The summed E-state index contributed by atoms with van der Waals surface area (Å²) in [7, 11) is -0.594. The number of sulfonamides is 1. The van der Waals surface area contributed by atoms with E-state index in [9.17, 15) is 13.2 Å². The van der Waals surface area contributed by atoms with Crippen LogP contribution >= 0.6 is 0 Å². The van der Waals surface area contributed by atoms with Crippen LogP contribution in [0.4, 0.5) is 5.69 Å². The minimum absolute atomic E-state index is 0.140. The molecule has 2 rings (SSSR count). The highest BCUT2D eigenvalue weighted by Gasteiger charge is 2.17. The molecule has 0 aliphatic carbocycles. The molecule has 0 aliphatic rings. The summed E-state index contributed by atoms with van der Waals surface area (Å²) in [5.41, 5.74) is 2.98. The summed E-state index contributed by atoms with van der Waals surface area (Å²) in [5.74, 6) is -0.267. The molecule has 23 heavy (non-hydrogen) atoms. The van der Waals surface area contributed by atoms with Crippen LogP contribution in [0.25, 0.3) is 0 Å². The molecule has 6 heteroatoms. The van der Waals surface area contributed by atoms with Crippen LogP contribution in [-0.2, 0) is 10.0 Å². The molecule has 0 aliphatic heterocycles. The number of carbonyl (C=O) groups is 1. The Morgan fingerprint density at radius 1 is 1.00 bits per heavy atom. The molecule has 2 aromatic rings. The topological polar surface area (TPSA) is 66.5 Å². The molecular formula is C17H20N2O3S. The number of nitrogens with zero attached hydrogens (tertiary/aromatic N) is 1. The van der Waals surface area contributed by atoms with Crippen molar-refractivity contribution >= 4 is 21.6 Å². The highest BCUT2D eigenvalue weighted by molar-refractivity contribution is 7.89. The second kappa shape index (κ2) is 6.52. The van der Waals surface area contributed by atoms with E-state index in [0.29, 0.717) is 11.3 Å². The molecule has 2 aromatic carbocycles. The fraction of sp³-hybridized carbons (Fsp3) is 0.235. The molecule has 0 atom stereocenters. The van der Waals surface area contributed by atoms with E-state index in [1.165, 1.54) is 26.2 Å². The molecule has 5 nitrogen and oxygen atoms in total. The lowest BCUT2D eigenvalue weighted by molar-refractivity contribution is 0.102. The lowest BCUT2D eigenvalue weighted by Crippen LogP contribution is -2.22. The van der Waals surface area contributed by atoms with Gasteiger partial charge in [0.15, 0.2) is 0 Å². The zero-order chi connectivity index (χ0) is 17.2. The van der Waals surface area contributed by atoms with E-state index >= 15 is 0 Å². The van der Waals surface area contributed by atoms with Gasteiger partial charge < -0.3 is 5.32 Å². The quantitative estimate of drug-likeness (QED) is 0.936. The number of benzene rings is 2. The summed E-state index contributed by atoms with van der Waals surface area (Å²) in [6.07, 6.45) is 0. The molecule has 1 N–H and O–H groups in total. The minimum Gasteiger partial charge on any atom is -0.322 e. The number of nitrogens with one attached hydrogen (secondary N) is 1. The molecular weight excluding hydrogens is 312 g/mol. The lowest BCUT2D eigenvalue weighted by Gasteiger charge is -2.13. The van der Waals surface area contributed by atoms with Gasteiger partial charge in [0.2, 0.25) is 10.0 Å². The average molecular weight is 332 g/mol. The Hall–Kier alpha value is -2.18. The van der Waals surface area contributed by atoms with Gasteiger partial charge in [-0.1, -0.05) is 23.3 Å². The normalized spacial score (nSPS) is 11.5. The van der Waals surface area contributed by atoms with Crippen LogP contribution in [0.15, 0.2) is 47.4 Å². The molecule has 0 fully saturated rings. The molecule has 0 bridgehead atoms. The van der Waals surface area contributed by atoms with Crippen LogP contribution in [0.5, 0.6) is 0 Å². The number of anilines is 1. The van der Waals surface area contributed by atoms with Gasteiger partial charge in [-0.15, -0.1) is 0 Å². The van der Waals surface area contributed by atoms with Crippen molar-refractivity contribution in [2.45, 2.75) is 18.7 Å². The van der Waals surface area contributed by atoms with Crippen molar-refractivity contribution in [3.05, 3.63) is 59.2 Å². The molecule has 0 saturated heterocycles. The Morgan fingerprint density at radius 3 is 2.17 bits per heavy atom. The predicted molar refractivity (Wildman–Crippen MR) is 91.2 cm³/mol. The second-order valence-electron chi connectivity index (χ2n) is 5.65. The van der Waals surface area contributed by atoms with Crippen LogP contribution in [-0.4, -0.2) is 32.7 Å². The Kier molecular flexibility index (Phi) is 4.87. The van der Waals surface area contributed by atoms with Crippen molar-refractivity contribution < 1.29 is 13.2 Å². The van der Waals surface area contributed by atoms with Crippen molar-refractivity contribution in [3.8, 4) is 0 Å². The third-order valence-electron chi connectivity index (χ3n) is 3.35. The van der Waals surface area contributed by atoms with Crippen LogP contribution in [0.2, 0.25) is 0 Å². The first-order valence-corrected chi connectivity index (χ1v) is 8.56. The van der Waals surface area contributed by atoms with Crippen LogP contribution < -0.4 is 5.32 Å². The largest absolute Gasteiger partial charge is 0.322 e. The number of hydrogen-bond donors (Lipinski definition) is 1. The Labute approximate surface area is 137 Å². The van der Waals surface area contributed by atoms with Crippen molar-refractivity contribution in [1.82, 2.24) is 4.31 Å². The summed E-state index contributed by atoms with van der Waals surface area (Å²) >= 11 is 0. The van der Waals surface area contributed by atoms with Gasteiger partial charge in [0.25, 0.3) is 5.91 Å². The van der Waals surface area contributed by atoms with Gasteiger partial charge in [-0.2, -0.15) is 0 Å². The van der Waals surface area contributed by atoms with Crippen molar-refractivity contribution in [2.24, 2.45) is 0 Å². The molecule has 0 unspecified atom stereocenters. The maximum Gasteiger partial charge on any atom is 0.255 e. The number of amides is 1. The number of carbonyl (C=O) groups excluding carboxylic acids is 1. The zero-order valence-electron chi connectivity index (χ0n) is 13.6. The monoisotopic (exact) mass is 332 g/mol. The summed E-state index contributed by atoms with van der Waals surface area (Å²) < 4.78 is 25.4. The van der Waals surface area contributed by atoms with Crippen molar-refractivity contribution in [3.63, 3.8) is 0 Å². The van der Waals surface area contributed by atoms with E-state index in [4.69, 9.17) is 0 Å². The molecule has 1 amide bonds. The predicted octanol–water partition coefficient (Wildman–Crippen LogP) is 2.81. The smallest absolute Gasteiger partial charge is 0.255 e. The first-order valence-electron chi connectivity index (χ1n) is 7.12. The van der Waals surface area contributed by atoms with Gasteiger partial charge in [0, 0.05) is 25.3 Å². The summed E-state index contributed by atoms with van der Waals surface area (Å²) in [4.78, 5) is 12.5. The maximum absolute atomic E-state index is 12.3. The third-order valence-corrected chi connectivity index (χ3v) is 5.17. The van der Waals surface area contributed by atoms with Gasteiger partial charge >= 0.3 is 0 Å². The van der Waals surface area contributed by atoms with Gasteiger partial charge in [0.1, 0.15) is 0 Å². The lowest BCUT2D eigenvalue weighted by atomic mass is 10.1. The first-order chi connectivity index (χ1) is 10.7. The van der Waals surface area contributed by atoms with Gasteiger partial charge in [-0.05, 0) is 44.2 Å². The minimum atomic E-state index is -3.53. The van der Waals surface area contributed by atoms with E-state index in [2.05, 4.69) is 5.32 Å². The van der Waals surface area contributed by atoms with Crippen molar-refractivity contribution in [2.75, 3.05) is 19.4 Å². The van der Waals surface area contributed by atoms with Crippen LogP contribution in [0, 0.1) is 13.8 Å². The SMILES string of the molecule is Cc1cc(C)cc(C(=O)Nc2cccc(S(=O)(=O)N(C)C)c2)c1. The van der Waals surface area contributed by atoms with Crippen molar-refractivity contribution in [1.29, 1.82) is 0 Å². The molecule has 0 spiro atoms. The van der Waals surface area contributed by atoms with E-state index < -0.39 is 10.0 Å². The molecule has 0 aromatic heterocycles. The van der Waals surface area contributed by atoms with E-state index in [-0.39, 0.29) is 10.8 Å². The standard InChI is InChI=1S/C17H20N2O3S/c1-12-8-13(2)10-14(9-12)17(20)18-15-6-5-7-16(11-15)23(21,22)19(3)4/h5-11H,1-4H3,(H,18,20). The van der Waals surface area contributed by atoms with E-state index in [1.54, 1.807) is 24.3 Å². The molecule has 122 valence electrons. The Balaban J connectivity index is 2.29. The molecule has 0 heterocycles. The zero-order valence-corrected chi connectivity index (χ0v) is 14.4. The molecule has 0 saturated carbocycles. The number of aryl methyl sites for hydroxylation is 2. The average Bonchev–Trinajstić information content (AvgIpc) is 2.46. The van der Waals surface area contributed by atoms with Gasteiger partial charge in [-0.3, -0.25) is 4.79 Å². The Bertz CT molecular complexity index is 822. The maximum atomic E-state index is 12.3. The highest BCUT2D eigenvalue weighted by Crippen LogP contribution is 2.19. The summed E-state index contributed by atoms with van der Waals surface area (Å²) in [5, 5.41) is 2.74. The number of hydrogen-bond acceptors (Lipinski definition) is 3. The fourth-order valence-electron chi connectivity index (χ4n) is 2.25. The fourth-order valence-corrected chi connectivity index (χ4v) is 3.20. The summed E-state index contributed by atoms with van der Waals surface area (Å²) in [6, 6.07) is 11.8. The number of rotatable bonds is 4. The van der Waals surface area contributed by atoms with E-state index in [0.717, 1.165) is 15.4 Å². The third kappa shape index (κ3) is 3.97. The second-order valence-corrected chi connectivity index (χ2v) is 7.80. The van der Waals surface area contributed by atoms with Gasteiger partial charge in [-0.25, -0.2) is 12.7 Å². The highest BCUT2D eigenvalue weighted by atomic mass is 32.2. The Morgan fingerprint density at radius 2 is 1.61 bits per heavy atom. The van der Waals surface area contributed by atoms with E-state index in [1.807, 2.05) is 19.9 Å². The molecule has 0 radical (unpaired) electrons. The first kappa shape index (κ1) is 17.2.